The van der Waals surface area contributed by atoms with E-state index in [-0.39, 0.29) is 29.2 Å². The van der Waals surface area contributed by atoms with Gasteiger partial charge in [0, 0.05) is 54.7 Å². The smallest absolute Gasteiger partial charge is 0.415 e. The highest BCUT2D eigenvalue weighted by Crippen LogP contribution is 2.53. The quantitative estimate of drug-likeness (QED) is 0.432. The van der Waals surface area contributed by atoms with Gasteiger partial charge in [0.05, 0.1) is 24.3 Å². The van der Waals surface area contributed by atoms with Crippen molar-refractivity contribution in [2.75, 3.05) is 66.5 Å². The van der Waals surface area contributed by atoms with Gasteiger partial charge in [0.1, 0.15) is 24.1 Å². The van der Waals surface area contributed by atoms with Crippen LogP contribution in [-0.2, 0) is 14.9 Å². The third kappa shape index (κ3) is 4.92. The Morgan fingerprint density at radius 2 is 1.75 bits per heavy atom. The van der Waals surface area contributed by atoms with Crippen LogP contribution in [0.4, 0.5) is 39.6 Å². The highest BCUT2D eigenvalue weighted by molar-refractivity contribution is 5.89. The van der Waals surface area contributed by atoms with Crippen molar-refractivity contribution in [2.45, 2.75) is 64.1 Å². The molecule has 0 radical (unpaired) electrons. The van der Waals surface area contributed by atoms with Crippen molar-refractivity contribution in [3.8, 4) is 0 Å². The average molecular weight is 599 g/mol. The highest BCUT2D eigenvalue weighted by Gasteiger charge is 2.55. The predicted octanol–water partition coefficient (Wildman–Crippen LogP) is 5.00. The lowest BCUT2D eigenvalue weighted by atomic mass is 9.73. The Morgan fingerprint density at radius 1 is 1.00 bits per heavy atom. The summed E-state index contributed by atoms with van der Waals surface area (Å²) in [6.45, 7) is 15.7. The maximum atomic E-state index is 12.5. The summed E-state index contributed by atoms with van der Waals surface area (Å²) in [7, 11) is 2.18. The Labute approximate surface area is 259 Å². The van der Waals surface area contributed by atoms with Crippen molar-refractivity contribution >= 4 is 40.9 Å². The number of carbonyl (C=O) groups is 1. The van der Waals surface area contributed by atoms with E-state index in [1.54, 1.807) is 4.90 Å². The van der Waals surface area contributed by atoms with Gasteiger partial charge in [0.15, 0.2) is 0 Å². The number of fused-ring (bicyclic) bond motifs is 3. The largest absolute Gasteiger partial charge is 0.447 e. The van der Waals surface area contributed by atoms with Gasteiger partial charge in [0.25, 0.3) is 0 Å². The minimum atomic E-state index is -0.372. The van der Waals surface area contributed by atoms with Gasteiger partial charge in [-0.25, -0.2) is 14.8 Å². The molecule has 4 aliphatic rings. The van der Waals surface area contributed by atoms with Gasteiger partial charge >= 0.3 is 6.09 Å². The van der Waals surface area contributed by atoms with E-state index < -0.39 is 0 Å². The van der Waals surface area contributed by atoms with Crippen LogP contribution >= 0.6 is 0 Å². The summed E-state index contributed by atoms with van der Waals surface area (Å²) in [6, 6.07) is 12.2. The number of ether oxygens (including phenoxy) is 2. The Bertz CT molecular complexity index is 1590. The topological polar surface area (TPSA) is 99.2 Å². The van der Waals surface area contributed by atoms with E-state index in [0.29, 0.717) is 25.0 Å². The molecule has 3 atom stereocenters. The molecule has 3 fully saturated rings. The Balaban J connectivity index is 1.23. The third-order valence-electron chi connectivity index (χ3n) is 9.70. The molecular weight excluding hydrogens is 556 g/mol. The zero-order valence-electron chi connectivity index (χ0n) is 26.5. The molecule has 3 aromatic rings. The third-order valence-corrected chi connectivity index (χ3v) is 9.70. The molecule has 232 valence electrons. The molecule has 0 aliphatic carbocycles. The standard InChI is InChI=1S/C33H42N8O3/c1-21-16-23(10-11-25(21)39-14-12-38(6)13-15-39)35-30-34-18-24-29(37-30)41(26-17-32(3,4)44-20-33(24,26)5)28-9-7-8-27(36-28)40-22(2)19-43-31(40)42/h7-11,16,18,22,26H,12-15,17,19-20H2,1-6H3,(H,34,35,37)/t22-,26+,33+/m0/s1. The lowest BCUT2D eigenvalue weighted by Gasteiger charge is -2.46. The van der Waals surface area contributed by atoms with Gasteiger partial charge in [-0.05, 0) is 77.1 Å². The fourth-order valence-electron chi connectivity index (χ4n) is 7.04. The SMILES string of the molecule is Cc1cc(Nc2ncc3c(n2)N(c2cccc(N4C(=O)OC[C@@H]4C)n2)[C@@H]2CC(C)(C)OC[C@]32C)ccc1N1CCN(C)CC1. The van der Waals surface area contributed by atoms with E-state index in [1.165, 1.54) is 11.3 Å². The van der Waals surface area contributed by atoms with Gasteiger partial charge < -0.3 is 29.5 Å². The van der Waals surface area contributed by atoms with Gasteiger partial charge in [0.2, 0.25) is 5.95 Å². The maximum Gasteiger partial charge on any atom is 0.415 e. The number of nitrogens with one attached hydrogen (secondary N) is 1. The molecule has 0 bridgehead atoms. The van der Waals surface area contributed by atoms with Crippen molar-refractivity contribution < 1.29 is 14.3 Å². The number of carbonyl (C=O) groups excluding carboxylic acids is 1. The first-order valence-electron chi connectivity index (χ1n) is 15.6. The first kappa shape index (κ1) is 28.8. The molecule has 6 heterocycles. The molecule has 0 saturated carbocycles. The molecule has 2 aromatic heterocycles. The predicted molar refractivity (Wildman–Crippen MR) is 172 cm³/mol. The van der Waals surface area contributed by atoms with Crippen molar-refractivity contribution in [1.29, 1.82) is 0 Å². The van der Waals surface area contributed by atoms with Gasteiger partial charge in [-0.15, -0.1) is 0 Å². The number of nitrogens with zero attached hydrogens (tertiary/aromatic N) is 7. The van der Waals surface area contributed by atoms with Crippen molar-refractivity contribution in [3.63, 3.8) is 0 Å². The van der Waals surface area contributed by atoms with E-state index in [2.05, 4.69) is 73.0 Å². The minimum Gasteiger partial charge on any atom is -0.447 e. The number of rotatable bonds is 5. The van der Waals surface area contributed by atoms with Crippen LogP contribution in [-0.4, -0.2) is 90.1 Å². The number of benzene rings is 1. The Hall–Kier alpha value is -3.96. The first-order valence-corrected chi connectivity index (χ1v) is 15.6. The number of amides is 1. The highest BCUT2D eigenvalue weighted by atomic mass is 16.6. The van der Waals surface area contributed by atoms with E-state index >= 15 is 0 Å². The van der Waals surface area contributed by atoms with Crippen LogP contribution in [0.25, 0.3) is 0 Å². The molecule has 7 rings (SSSR count). The number of piperazine rings is 1. The number of likely N-dealkylation sites (N-methyl/N-ethyl adjacent to an activating group) is 1. The molecule has 11 nitrogen and oxygen atoms in total. The Kier molecular flexibility index (Phi) is 6.93. The first-order chi connectivity index (χ1) is 21.0. The number of hydrogen-bond acceptors (Lipinski definition) is 10. The number of aromatic nitrogens is 3. The molecule has 0 unspecified atom stereocenters. The fraction of sp³-hybridized carbons (Fsp3) is 0.515. The summed E-state index contributed by atoms with van der Waals surface area (Å²) in [5.74, 6) is 2.64. The van der Waals surface area contributed by atoms with Crippen LogP contribution in [0.2, 0.25) is 0 Å². The zero-order valence-corrected chi connectivity index (χ0v) is 26.5. The van der Waals surface area contributed by atoms with E-state index in [4.69, 9.17) is 24.4 Å². The van der Waals surface area contributed by atoms with Crippen molar-refractivity contribution in [1.82, 2.24) is 19.9 Å². The van der Waals surface area contributed by atoms with Crippen LogP contribution in [0.15, 0.2) is 42.6 Å². The number of pyridine rings is 1. The van der Waals surface area contributed by atoms with Crippen LogP contribution < -0.4 is 20.0 Å². The summed E-state index contributed by atoms with van der Waals surface area (Å²) in [5, 5.41) is 3.46. The molecule has 0 spiro atoms. The van der Waals surface area contributed by atoms with Crippen LogP contribution in [0.1, 0.15) is 45.2 Å². The molecule has 1 amide bonds. The minimum absolute atomic E-state index is 0.0432. The maximum absolute atomic E-state index is 12.5. The second kappa shape index (κ2) is 10.6. The van der Waals surface area contributed by atoms with Crippen LogP contribution in [0.5, 0.6) is 0 Å². The fourth-order valence-corrected chi connectivity index (χ4v) is 7.04. The normalized spacial score (nSPS) is 26.4. The molecule has 1 N–H and O–H groups in total. The second-order valence-corrected chi connectivity index (χ2v) is 13.6. The second-order valence-electron chi connectivity index (χ2n) is 13.6. The van der Waals surface area contributed by atoms with Gasteiger partial charge in [-0.2, -0.15) is 4.98 Å². The summed E-state index contributed by atoms with van der Waals surface area (Å²) >= 11 is 0. The molecule has 44 heavy (non-hydrogen) atoms. The average Bonchev–Trinajstić information content (AvgIpc) is 3.45. The van der Waals surface area contributed by atoms with E-state index in [0.717, 1.165) is 55.5 Å². The molecule has 3 saturated heterocycles. The van der Waals surface area contributed by atoms with Crippen LogP contribution in [0.3, 0.4) is 0 Å². The number of aryl methyl sites for hydroxylation is 1. The van der Waals surface area contributed by atoms with E-state index in [9.17, 15) is 4.79 Å². The van der Waals surface area contributed by atoms with Crippen molar-refractivity contribution in [3.05, 3.63) is 53.7 Å². The lowest BCUT2D eigenvalue weighted by molar-refractivity contribution is -0.0893. The number of cyclic esters (lactones) is 1. The van der Waals surface area contributed by atoms with Gasteiger partial charge in [-0.1, -0.05) is 13.0 Å². The molecular formula is C33H42N8O3. The summed E-state index contributed by atoms with van der Waals surface area (Å²) in [4.78, 5) is 36.1. The lowest BCUT2D eigenvalue weighted by Crippen LogP contribution is -2.54. The summed E-state index contributed by atoms with van der Waals surface area (Å²) in [5.41, 5.74) is 3.82. The summed E-state index contributed by atoms with van der Waals surface area (Å²) < 4.78 is 11.7. The number of hydrogen-bond donors (Lipinski definition) is 1. The number of anilines is 6. The summed E-state index contributed by atoms with van der Waals surface area (Å²) in [6.07, 6.45) is 2.35. The zero-order chi connectivity index (χ0) is 30.8. The molecule has 11 heteroatoms. The van der Waals surface area contributed by atoms with Crippen LogP contribution in [0, 0.1) is 6.92 Å². The molecule has 1 aromatic carbocycles. The molecule has 4 aliphatic heterocycles. The van der Waals surface area contributed by atoms with E-state index in [1.807, 2.05) is 31.3 Å². The van der Waals surface area contributed by atoms with Crippen molar-refractivity contribution in [2.24, 2.45) is 0 Å². The monoisotopic (exact) mass is 598 g/mol. The van der Waals surface area contributed by atoms with Gasteiger partial charge in [-0.3, -0.25) is 4.90 Å². The Morgan fingerprint density at radius 3 is 2.45 bits per heavy atom.